The molecule has 0 spiro atoms. The lowest BCUT2D eigenvalue weighted by molar-refractivity contribution is 0.0385. The van der Waals surface area contributed by atoms with Gasteiger partial charge in [-0.15, -0.1) is 11.3 Å². The highest BCUT2D eigenvalue weighted by Gasteiger charge is 2.34. The number of nitrogens with zero attached hydrogens (tertiary/aromatic N) is 3. The molecule has 1 aromatic carbocycles. The highest BCUT2D eigenvalue weighted by molar-refractivity contribution is 8.15. The number of H-pyrrole nitrogens is 1. The number of aromatic amines is 1. The van der Waals surface area contributed by atoms with E-state index in [0.717, 1.165) is 49.2 Å². The molecule has 176 valence electrons. The topological polar surface area (TPSA) is 78.0 Å². The quantitative estimate of drug-likeness (QED) is 0.487. The summed E-state index contributed by atoms with van der Waals surface area (Å²) in [6.45, 7) is 1.65. The van der Waals surface area contributed by atoms with E-state index in [4.69, 9.17) is 4.74 Å². The van der Waals surface area contributed by atoms with Gasteiger partial charge in [0.2, 0.25) is 0 Å². The van der Waals surface area contributed by atoms with E-state index in [1.807, 2.05) is 6.07 Å². The maximum absolute atomic E-state index is 14.1. The zero-order chi connectivity index (χ0) is 23.0. The number of sulfonamides is 1. The fourth-order valence-corrected chi connectivity index (χ4v) is 7.56. The molecule has 1 atom stereocenters. The Kier molecular flexibility index (Phi) is 6.45. The molecule has 5 rings (SSSR count). The Labute approximate surface area is 198 Å². The molecule has 0 bridgehead atoms. The molecule has 33 heavy (non-hydrogen) atoms. The molecule has 12 heteroatoms. The summed E-state index contributed by atoms with van der Waals surface area (Å²) in [5, 5.41) is 3.31. The Morgan fingerprint density at radius 2 is 2.06 bits per heavy atom. The van der Waals surface area contributed by atoms with Gasteiger partial charge in [-0.3, -0.25) is 9.89 Å². The highest BCUT2D eigenvalue weighted by atomic mass is 32.2. The van der Waals surface area contributed by atoms with Gasteiger partial charge >= 0.3 is 6.55 Å². The van der Waals surface area contributed by atoms with Crippen LogP contribution in [0.25, 0.3) is 10.9 Å². The zero-order valence-corrected chi connectivity index (χ0v) is 19.9. The number of benzene rings is 1. The summed E-state index contributed by atoms with van der Waals surface area (Å²) in [5.74, 6) is 0. The van der Waals surface area contributed by atoms with E-state index in [1.54, 1.807) is 29.3 Å². The van der Waals surface area contributed by atoms with Crippen LogP contribution in [0.15, 0.2) is 51.0 Å². The first kappa shape index (κ1) is 22.8. The lowest BCUT2D eigenvalue weighted by atomic mass is 10.2. The first-order valence-corrected chi connectivity index (χ1v) is 13.6. The number of thiophene rings is 1. The number of aromatic nitrogens is 1. The number of para-hydroxylation sites is 1. The Hall–Kier alpha value is -1.99. The SMILES string of the molecule is O=S(=O)(c1cccs1)N(c1cccc2cc(C3=NCC(CN4CCOCC4)S3)[nH]c12)C(F)F. The number of morpholine rings is 1. The van der Waals surface area contributed by atoms with Crippen LogP contribution < -0.4 is 4.31 Å². The molecule has 7 nitrogen and oxygen atoms in total. The first-order valence-electron chi connectivity index (χ1n) is 10.4. The summed E-state index contributed by atoms with van der Waals surface area (Å²) < 4.78 is 59.6. The van der Waals surface area contributed by atoms with Crippen LogP contribution in [-0.4, -0.2) is 74.5 Å². The molecule has 1 unspecified atom stereocenters. The summed E-state index contributed by atoms with van der Waals surface area (Å²) >= 11 is 2.56. The molecule has 2 aliphatic heterocycles. The predicted octanol–water partition coefficient (Wildman–Crippen LogP) is 3.84. The number of nitrogens with one attached hydrogen (secondary N) is 1. The zero-order valence-electron chi connectivity index (χ0n) is 17.5. The second-order valence-corrected chi connectivity index (χ2v) is 12.0. The number of anilines is 1. The Bertz CT molecular complexity index is 1260. The van der Waals surface area contributed by atoms with Crippen LogP contribution in [0.3, 0.4) is 0 Å². The summed E-state index contributed by atoms with van der Waals surface area (Å²) in [4.78, 5) is 10.2. The van der Waals surface area contributed by atoms with Gasteiger partial charge < -0.3 is 9.72 Å². The number of alkyl halides is 2. The third kappa shape index (κ3) is 4.54. The third-order valence-corrected chi connectivity index (χ3v) is 9.87. The average molecular weight is 513 g/mol. The largest absolute Gasteiger partial charge is 0.379 e. The molecule has 2 aromatic heterocycles. The van der Waals surface area contributed by atoms with Crippen molar-refractivity contribution in [1.82, 2.24) is 9.88 Å². The Balaban J connectivity index is 1.43. The van der Waals surface area contributed by atoms with E-state index >= 15 is 0 Å². The number of hydrogen-bond acceptors (Lipinski definition) is 7. The van der Waals surface area contributed by atoms with E-state index in [9.17, 15) is 17.2 Å². The van der Waals surface area contributed by atoms with E-state index in [-0.39, 0.29) is 14.2 Å². The summed E-state index contributed by atoms with van der Waals surface area (Å²) in [7, 11) is -4.41. The van der Waals surface area contributed by atoms with Crippen molar-refractivity contribution >= 4 is 54.8 Å². The summed E-state index contributed by atoms with van der Waals surface area (Å²) in [5.41, 5.74) is 0.957. The number of hydrogen-bond donors (Lipinski definition) is 1. The monoisotopic (exact) mass is 512 g/mol. The molecular formula is C21H22F2N4O3S3. The molecule has 3 aromatic rings. The molecule has 0 amide bonds. The van der Waals surface area contributed by atoms with Gasteiger partial charge in [-0.1, -0.05) is 30.0 Å². The second kappa shape index (κ2) is 9.34. The fourth-order valence-electron chi connectivity index (χ4n) is 4.02. The molecule has 1 saturated heterocycles. The van der Waals surface area contributed by atoms with Crippen molar-refractivity contribution in [3.05, 3.63) is 47.5 Å². The van der Waals surface area contributed by atoms with Gasteiger partial charge in [0, 0.05) is 30.3 Å². The van der Waals surface area contributed by atoms with Gasteiger partial charge in [0.15, 0.2) is 0 Å². The molecule has 1 fully saturated rings. The van der Waals surface area contributed by atoms with Crippen LogP contribution in [0.2, 0.25) is 0 Å². The standard InChI is InChI=1S/C21H22F2N4O3S3/c22-21(23)27(33(28,29)18-5-2-10-31-18)17-4-1-3-14-11-16(25-19(14)17)20-24-12-15(32-20)13-26-6-8-30-9-7-26/h1-5,10-11,15,21,25H,6-9,12-13H2. The molecule has 0 aliphatic carbocycles. The van der Waals surface area contributed by atoms with Crippen molar-refractivity contribution in [2.45, 2.75) is 16.0 Å². The normalized spacial score (nSPS) is 20.0. The Morgan fingerprint density at radius 3 is 2.79 bits per heavy atom. The molecule has 1 N–H and O–H groups in total. The minimum atomic E-state index is -4.41. The molecule has 4 heterocycles. The van der Waals surface area contributed by atoms with E-state index in [0.29, 0.717) is 28.4 Å². The smallest absolute Gasteiger partial charge is 0.328 e. The summed E-state index contributed by atoms with van der Waals surface area (Å²) in [6, 6.07) is 9.44. The lowest BCUT2D eigenvalue weighted by Gasteiger charge is -2.28. The number of halogens is 2. The van der Waals surface area contributed by atoms with E-state index in [2.05, 4.69) is 14.9 Å². The number of aliphatic imine (C=N–C) groups is 1. The van der Waals surface area contributed by atoms with Crippen LogP contribution in [0.4, 0.5) is 14.5 Å². The third-order valence-electron chi connectivity index (χ3n) is 5.57. The van der Waals surface area contributed by atoms with Crippen LogP contribution in [-0.2, 0) is 14.8 Å². The van der Waals surface area contributed by atoms with Crippen molar-refractivity contribution in [2.75, 3.05) is 43.7 Å². The second-order valence-electron chi connectivity index (χ2n) is 7.73. The maximum Gasteiger partial charge on any atom is 0.328 e. The van der Waals surface area contributed by atoms with Gasteiger partial charge in [0.05, 0.1) is 36.7 Å². The highest BCUT2D eigenvalue weighted by Crippen LogP contribution is 2.36. The number of thioether (sulfide) groups is 1. The van der Waals surface area contributed by atoms with Gasteiger partial charge in [-0.25, -0.2) is 12.7 Å². The molecule has 2 aliphatic rings. The first-order chi connectivity index (χ1) is 15.9. The van der Waals surface area contributed by atoms with Crippen LogP contribution in [0.5, 0.6) is 0 Å². The fraction of sp³-hybridized carbons (Fsp3) is 0.381. The van der Waals surface area contributed by atoms with Crippen molar-refractivity contribution < 1.29 is 21.9 Å². The van der Waals surface area contributed by atoms with Gasteiger partial charge in [0.25, 0.3) is 10.0 Å². The Morgan fingerprint density at radius 1 is 1.24 bits per heavy atom. The minimum absolute atomic E-state index is 0.0874. The minimum Gasteiger partial charge on any atom is -0.379 e. The van der Waals surface area contributed by atoms with Crippen molar-refractivity contribution in [3.63, 3.8) is 0 Å². The summed E-state index contributed by atoms with van der Waals surface area (Å²) in [6.07, 6.45) is 0. The predicted molar refractivity (Wildman–Crippen MR) is 128 cm³/mol. The average Bonchev–Trinajstić information content (AvgIpc) is 3.55. The van der Waals surface area contributed by atoms with Crippen LogP contribution >= 0.6 is 23.1 Å². The molecule has 0 saturated carbocycles. The maximum atomic E-state index is 14.1. The number of ether oxygens (including phenoxy) is 1. The van der Waals surface area contributed by atoms with Gasteiger partial charge in [-0.05, 0) is 23.6 Å². The van der Waals surface area contributed by atoms with Crippen molar-refractivity contribution in [1.29, 1.82) is 0 Å². The van der Waals surface area contributed by atoms with E-state index < -0.39 is 16.6 Å². The van der Waals surface area contributed by atoms with Crippen molar-refractivity contribution in [3.8, 4) is 0 Å². The molecule has 0 radical (unpaired) electrons. The van der Waals surface area contributed by atoms with Crippen LogP contribution in [0, 0.1) is 0 Å². The molecular weight excluding hydrogens is 490 g/mol. The number of rotatable bonds is 7. The van der Waals surface area contributed by atoms with Gasteiger partial charge in [-0.2, -0.15) is 8.78 Å². The van der Waals surface area contributed by atoms with Crippen molar-refractivity contribution in [2.24, 2.45) is 4.99 Å². The van der Waals surface area contributed by atoms with E-state index in [1.165, 1.54) is 18.2 Å². The number of fused-ring (bicyclic) bond motifs is 1. The lowest BCUT2D eigenvalue weighted by Crippen LogP contribution is -2.40. The van der Waals surface area contributed by atoms with Crippen LogP contribution in [0.1, 0.15) is 5.69 Å². The van der Waals surface area contributed by atoms with Gasteiger partial charge in [0.1, 0.15) is 9.25 Å².